The molecule has 1 heteroatoms. The molecule has 0 saturated heterocycles. The van der Waals surface area contributed by atoms with E-state index >= 15 is 0 Å². The first-order chi connectivity index (χ1) is 6.65. The molecular formula is C13H22O. The van der Waals surface area contributed by atoms with Gasteiger partial charge in [0.25, 0.3) is 0 Å². The van der Waals surface area contributed by atoms with Crippen LogP contribution in [-0.4, -0.2) is 6.61 Å². The molecule has 80 valence electrons. The largest absolute Gasteiger partial charge is 0.494 e. The second-order valence-corrected chi connectivity index (χ2v) is 3.27. The van der Waals surface area contributed by atoms with Crippen LogP contribution in [0.2, 0.25) is 0 Å². The van der Waals surface area contributed by atoms with Crippen LogP contribution in [0.1, 0.15) is 41.0 Å². The molecular weight excluding hydrogens is 172 g/mol. The third-order valence-corrected chi connectivity index (χ3v) is 2.30. The van der Waals surface area contributed by atoms with Gasteiger partial charge in [-0.3, -0.25) is 0 Å². The van der Waals surface area contributed by atoms with Crippen molar-refractivity contribution in [2.45, 2.75) is 41.0 Å². The molecule has 1 nitrogen and oxygen atoms in total. The summed E-state index contributed by atoms with van der Waals surface area (Å²) in [6.45, 7) is 11.2. The van der Waals surface area contributed by atoms with Gasteiger partial charge in [-0.15, -0.1) is 0 Å². The summed E-state index contributed by atoms with van der Waals surface area (Å²) in [5, 5.41) is 0. The van der Waals surface area contributed by atoms with E-state index in [1.165, 1.54) is 11.1 Å². The van der Waals surface area contributed by atoms with Gasteiger partial charge < -0.3 is 4.74 Å². The van der Waals surface area contributed by atoms with E-state index in [9.17, 15) is 0 Å². The molecule has 14 heavy (non-hydrogen) atoms. The van der Waals surface area contributed by atoms with Gasteiger partial charge in [-0.25, -0.2) is 0 Å². The SMILES string of the molecule is C\C=C(/C=C\C(C)=C(\C)CC)OCC. The van der Waals surface area contributed by atoms with Crippen molar-refractivity contribution in [3.8, 4) is 0 Å². The van der Waals surface area contributed by atoms with E-state index in [-0.39, 0.29) is 0 Å². The Balaban J connectivity index is 4.42. The Morgan fingerprint density at radius 1 is 1.14 bits per heavy atom. The molecule has 0 bridgehead atoms. The van der Waals surface area contributed by atoms with E-state index in [1.807, 2.05) is 26.0 Å². The van der Waals surface area contributed by atoms with Crippen molar-refractivity contribution < 1.29 is 4.74 Å². The van der Waals surface area contributed by atoms with Gasteiger partial charge in [-0.05, 0) is 46.3 Å². The van der Waals surface area contributed by atoms with Gasteiger partial charge in [0, 0.05) is 0 Å². The number of hydrogen-bond acceptors (Lipinski definition) is 1. The zero-order chi connectivity index (χ0) is 11.0. The van der Waals surface area contributed by atoms with Crippen molar-refractivity contribution in [3.63, 3.8) is 0 Å². The van der Waals surface area contributed by atoms with E-state index in [0.29, 0.717) is 0 Å². The molecule has 0 heterocycles. The van der Waals surface area contributed by atoms with Crippen molar-refractivity contribution in [2.75, 3.05) is 6.61 Å². The number of hydrogen-bond donors (Lipinski definition) is 0. The predicted molar refractivity (Wildman–Crippen MR) is 63.2 cm³/mol. The molecule has 0 atom stereocenters. The van der Waals surface area contributed by atoms with Crippen LogP contribution in [-0.2, 0) is 4.74 Å². The number of rotatable bonds is 5. The van der Waals surface area contributed by atoms with Crippen LogP contribution < -0.4 is 0 Å². The summed E-state index contributed by atoms with van der Waals surface area (Å²) in [7, 11) is 0. The van der Waals surface area contributed by atoms with Gasteiger partial charge >= 0.3 is 0 Å². The molecule has 0 N–H and O–H groups in total. The summed E-state index contributed by atoms with van der Waals surface area (Å²) < 4.78 is 5.41. The maximum Gasteiger partial charge on any atom is 0.115 e. The smallest absolute Gasteiger partial charge is 0.115 e. The summed E-state index contributed by atoms with van der Waals surface area (Å²) in [5.74, 6) is 0.941. The van der Waals surface area contributed by atoms with Gasteiger partial charge in [0.05, 0.1) is 6.61 Å². The Morgan fingerprint density at radius 3 is 2.21 bits per heavy atom. The van der Waals surface area contributed by atoms with Gasteiger partial charge in [-0.1, -0.05) is 24.1 Å². The first-order valence-electron chi connectivity index (χ1n) is 5.29. The van der Waals surface area contributed by atoms with Crippen molar-refractivity contribution in [2.24, 2.45) is 0 Å². The van der Waals surface area contributed by atoms with Crippen LogP contribution in [0.25, 0.3) is 0 Å². The summed E-state index contributed by atoms with van der Waals surface area (Å²) in [6.07, 6.45) is 7.23. The van der Waals surface area contributed by atoms with E-state index < -0.39 is 0 Å². The van der Waals surface area contributed by atoms with Crippen LogP contribution in [0, 0.1) is 0 Å². The Labute approximate surface area is 88.2 Å². The lowest BCUT2D eigenvalue weighted by atomic mass is 10.1. The quantitative estimate of drug-likeness (QED) is 0.470. The van der Waals surface area contributed by atoms with Crippen LogP contribution in [0.5, 0.6) is 0 Å². The van der Waals surface area contributed by atoms with E-state index in [1.54, 1.807) is 0 Å². The molecule has 0 aliphatic rings. The van der Waals surface area contributed by atoms with E-state index in [2.05, 4.69) is 26.8 Å². The highest BCUT2D eigenvalue weighted by Gasteiger charge is 1.91. The van der Waals surface area contributed by atoms with Crippen LogP contribution >= 0.6 is 0 Å². The normalized spacial score (nSPS) is 14.5. The standard InChI is InChI=1S/C13H22O/c1-6-11(4)12(5)9-10-13(7-2)14-8-3/h7,9-10H,6,8H2,1-5H3/b10-9-,12-11-,13-7+. The minimum absolute atomic E-state index is 0.722. The van der Waals surface area contributed by atoms with Crippen molar-refractivity contribution in [3.05, 3.63) is 35.1 Å². The van der Waals surface area contributed by atoms with Crippen molar-refractivity contribution in [1.29, 1.82) is 0 Å². The van der Waals surface area contributed by atoms with Gasteiger partial charge in [0.2, 0.25) is 0 Å². The highest BCUT2D eigenvalue weighted by molar-refractivity contribution is 5.26. The third kappa shape index (κ3) is 4.90. The lowest BCUT2D eigenvalue weighted by Crippen LogP contribution is -1.87. The molecule has 0 aliphatic heterocycles. The summed E-state index contributed by atoms with van der Waals surface area (Å²) in [6, 6.07) is 0. The minimum Gasteiger partial charge on any atom is -0.494 e. The monoisotopic (exact) mass is 194 g/mol. The molecule has 0 saturated carbocycles. The maximum atomic E-state index is 5.41. The van der Waals surface area contributed by atoms with Crippen molar-refractivity contribution >= 4 is 0 Å². The lowest BCUT2D eigenvalue weighted by molar-refractivity contribution is 0.242. The number of ether oxygens (including phenoxy) is 1. The summed E-state index contributed by atoms with van der Waals surface area (Å²) >= 11 is 0. The zero-order valence-corrected chi connectivity index (χ0v) is 10.1. The summed E-state index contributed by atoms with van der Waals surface area (Å²) in [4.78, 5) is 0. The van der Waals surface area contributed by atoms with Crippen LogP contribution in [0.4, 0.5) is 0 Å². The van der Waals surface area contributed by atoms with Crippen molar-refractivity contribution in [1.82, 2.24) is 0 Å². The van der Waals surface area contributed by atoms with E-state index in [0.717, 1.165) is 18.8 Å². The van der Waals surface area contributed by atoms with E-state index in [4.69, 9.17) is 4.74 Å². The fraction of sp³-hybridized carbons (Fsp3) is 0.538. The molecule has 0 aromatic heterocycles. The fourth-order valence-corrected chi connectivity index (χ4v) is 1.02. The molecule has 0 amide bonds. The average Bonchev–Trinajstić information content (AvgIpc) is 2.22. The molecule has 0 fully saturated rings. The number of allylic oxidation sites excluding steroid dienone is 5. The first-order valence-corrected chi connectivity index (χ1v) is 5.29. The summed E-state index contributed by atoms with van der Waals surface area (Å²) in [5.41, 5.74) is 2.75. The third-order valence-electron chi connectivity index (χ3n) is 2.30. The van der Waals surface area contributed by atoms with Gasteiger partial charge in [-0.2, -0.15) is 0 Å². The predicted octanol–water partition coefficient (Wildman–Crippen LogP) is 4.23. The highest BCUT2D eigenvalue weighted by Crippen LogP contribution is 2.10. The molecule has 0 spiro atoms. The molecule has 0 radical (unpaired) electrons. The zero-order valence-electron chi connectivity index (χ0n) is 10.1. The first kappa shape index (κ1) is 13.0. The fourth-order valence-electron chi connectivity index (χ4n) is 1.02. The molecule has 0 rings (SSSR count). The molecule has 0 unspecified atom stereocenters. The highest BCUT2D eigenvalue weighted by atomic mass is 16.5. The maximum absolute atomic E-state index is 5.41. The average molecular weight is 194 g/mol. The molecule has 0 aliphatic carbocycles. The van der Waals surface area contributed by atoms with Crippen LogP contribution in [0.3, 0.4) is 0 Å². The topological polar surface area (TPSA) is 9.23 Å². The van der Waals surface area contributed by atoms with Gasteiger partial charge in [0.1, 0.15) is 5.76 Å². The molecule has 0 aromatic carbocycles. The molecule has 0 aromatic rings. The second kappa shape index (κ2) is 7.43. The Hall–Kier alpha value is -0.980. The Kier molecular flexibility index (Phi) is 6.91. The second-order valence-electron chi connectivity index (χ2n) is 3.27. The minimum atomic E-state index is 0.722. The van der Waals surface area contributed by atoms with Crippen LogP contribution in [0.15, 0.2) is 35.1 Å². The Bertz CT molecular complexity index is 244. The lowest BCUT2D eigenvalue weighted by Gasteiger charge is -2.03. The Morgan fingerprint density at radius 2 is 1.79 bits per heavy atom. The van der Waals surface area contributed by atoms with Gasteiger partial charge in [0.15, 0.2) is 0 Å².